The van der Waals surface area contributed by atoms with Crippen LogP contribution in [0.4, 0.5) is 0 Å². The van der Waals surface area contributed by atoms with Gasteiger partial charge in [0, 0.05) is 5.92 Å². The van der Waals surface area contributed by atoms with Crippen LogP contribution in [0.15, 0.2) is 30.3 Å². The van der Waals surface area contributed by atoms with Gasteiger partial charge in [-0.2, -0.15) is 0 Å². The minimum atomic E-state index is -0.415. The largest absolute Gasteiger partial charge is 0.389 e. The van der Waals surface area contributed by atoms with E-state index in [-0.39, 0.29) is 5.92 Å². The predicted octanol–water partition coefficient (Wildman–Crippen LogP) is 3.73. The fraction of sp³-hybridized carbons (Fsp3) is 0.571. The van der Waals surface area contributed by atoms with Gasteiger partial charge in [0.15, 0.2) is 0 Å². The van der Waals surface area contributed by atoms with Gasteiger partial charge in [-0.1, -0.05) is 51.1 Å². The van der Waals surface area contributed by atoms with Crippen LogP contribution in [-0.4, -0.2) is 10.7 Å². The Hall–Kier alpha value is -0.820. The standard InChI is InChI=1S/C12H16O.C2H6/c1-10(12(13)8-5-9-12)11-6-3-2-4-7-11;1-2/h2-4,6-7,10,13H,5,8-9H2,1H3;1-2H3. The molecule has 0 saturated heterocycles. The molecule has 0 amide bonds. The Labute approximate surface area is 93.1 Å². The lowest BCUT2D eigenvalue weighted by Gasteiger charge is -2.42. The molecule has 1 saturated carbocycles. The van der Waals surface area contributed by atoms with Gasteiger partial charge in [0.05, 0.1) is 5.60 Å². The normalized spacial score (nSPS) is 19.5. The van der Waals surface area contributed by atoms with E-state index < -0.39 is 5.60 Å². The van der Waals surface area contributed by atoms with Crippen molar-refractivity contribution < 1.29 is 5.11 Å². The maximum absolute atomic E-state index is 10.1. The Morgan fingerprint density at radius 3 is 2.07 bits per heavy atom. The third-order valence-corrected chi connectivity index (χ3v) is 3.32. The van der Waals surface area contributed by atoms with Gasteiger partial charge >= 0.3 is 0 Å². The van der Waals surface area contributed by atoms with Crippen molar-refractivity contribution in [3.8, 4) is 0 Å². The summed E-state index contributed by atoms with van der Waals surface area (Å²) in [6.07, 6.45) is 3.10. The predicted molar refractivity (Wildman–Crippen MR) is 65.0 cm³/mol. The lowest BCUT2D eigenvalue weighted by Crippen LogP contribution is -2.41. The summed E-state index contributed by atoms with van der Waals surface area (Å²) in [5.74, 6) is 0.280. The van der Waals surface area contributed by atoms with Gasteiger partial charge in [-0.25, -0.2) is 0 Å². The molecule has 1 heteroatoms. The first-order valence-electron chi connectivity index (χ1n) is 6.00. The second-order valence-corrected chi connectivity index (χ2v) is 4.09. The zero-order valence-corrected chi connectivity index (χ0v) is 10.0. The van der Waals surface area contributed by atoms with Crippen LogP contribution in [0.25, 0.3) is 0 Å². The van der Waals surface area contributed by atoms with E-state index >= 15 is 0 Å². The molecule has 0 bridgehead atoms. The highest BCUT2D eigenvalue weighted by atomic mass is 16.3. The highest BCUT2D eigenvalue weighted by Crippen LogP contribution is 2.42. The van der Waals surface area contributed by atoms with Crippen LogP contribution in [0.5, 0.6) is 0 Å². The molecule has 1 aromatic carbocycles. The van der Waals surface area contributed by atoms with Crippen molar-refractivity contribution in [1.82, 2.24) is 0 Å². The van der Waals surface area contributed by atoms with Gasteiger partial charge in [0.25, 0.3) is 0 Å². The van der Waals surface area contributed by atoms with E-state index in [9.17, 15) is 5.11 Å². The first kappa shape index (κ1) is 12.3. The van der Waals surface area contributed by atoms with Crippen LogP contribution in [0.3, 0.4) is 0 Å². The molecule has 1 aliphatic carbocycles. The Kier molecular flexibility index (Phi) is 4.34. The van der Waals surface area contributed by atoms with Crippen LogP contribution in [0, 0.1) is 0 Å². The van der Waals surface area contributed by atoms with Gasteiger partial charge in [0.1, 0.15) is 0 Å². The van der Waals surface area contributed by atoms with Gasteiger partial charge < -0.3 is 5.11 Å². The average molecular weight is 206 g/mol. The highest BCUT2D eigenvalue weighted by Gasteiger charge is 2.40. The minimum Gasteiger partial charge on any atom is -0.389 e. The van der Waals surface area contributed by atoms with E-state index in [1.54, 1.807) is 0 Å². The summed E-state index contributed by atoms with van der Waals surface area (Å²) >= 11 is 0. The molecular formula is C14H22O. The fourth-order valence-electron chi connectivity index (χ4n) is 2.02. The Morgan fingerprint density at radius 2 is 1.67 bits per heavy atom. The molecule has 1 aliphatic rings. The maximum atomic E-state index is 10.1. The minimum absolute atomic E-state index is 0.280. The topological polar surface area (TPSA) is 20.2 Å². The summed E-state index contributed by atoms with van der Waals surface area (Å²) in [6, 6.07) is 10.3. The van der Waals surface area contributed by atoms with Crippen LogP contribution >= 0.6 is 0 Å². The molecule has 0 aliphatic heterocycles. The molecule has 0 heterocycles. The number of hydrogen-bond donors (Lipinski definition) is 1. The highest BCUT2D eigenvalue weighted by molar-refractivity contribution is 5.23. The van der Waals surface area contributed by atoms with Crippen LogP contribution < -0.4 is 0 Å². The van der Waals surface area contributed by atoms with Crippen LogP contribution in [-0.2, 0) is 0 Å². The van der Waals surface area contributed by atoms with E-state index in [0.29, 0.717) is 0 Å². The van der Waals surface area contributed by atoms with Gasteiger partial charge in [0.2, 0.25) is 0 Å². The van der Waals surface area contributed by atoms with Crippen molar-refractivity contribution in [3.05, 3.63) is 35.9 Å². The summed E-state index contributed by atoms with van der Waals surface area (Å²) in [5, 5.41) is 10.1. The summed E-state index contributed by atoms with van der Waals surface area (Å²) < 4.78 is 0. The maximum Gasteiger partial charge on any atom is 0.0713 e. The summed E-state index contributed by atoms with van der Waals surface area (Å²) in [4.78, 5) is 0. The van der Waals surface area contributed by atoms with E-state index in [1.807, 2.05) is 32.0 Å². The average Bonchev–Trinajstić information content (AvgIpc) is 2.29. The molecule has 1 nitrogen and oxygen atoms in total. The molecule has 1 aromatic rings. The number of rotatable bonds is 2. The van der Waals surface area contributed by atoms with Crippen molar-refractivity contribution in [3.63, 3.8) is 0 Å². The Balaban J connectivity index is 0.000000531. The van der Waals surface area contributed by atoms with Crippen molar-refractivity contribution in [2.45, 2.75) is 51.6 Å². The van der Waals surface area contributed by atoms with Crippen molar-refractivity contribution in [2.75, 3.05) is 0 Å². The number of benzene rings is 1. The van der Waals surface area contributed by atoms with E-state index in [4.69, 9.17) is 0 Å². The second-order valence-electron chi connectivity index (χ2n) is 4.09. The third kappa shape index (κ3) is 2.60. The van der Waals surface area contributed by atoms with Crippen molar-refractivity contribution in [1.29, 1.82) is 0 Å². The van der Waals surface area contributed by atoms with Crippen LogP contribution in [0.2, 0.25) is 0 Å². The monoisotopic (exact) mass is 206 g/mol. The summed E-state index contributed by atoms with van der Waals surface area (Å²) in [7, 11) is 0. The molecule has 84 valence electrons. The zero-order valence-electron chi connectivity index (χ0n) is 10.0. The Morgan fingerprint density at radius 1 is 1.13 bits per heavy atom. The van der Waals surface area contributed by atoms with Gasteiger partial charge in [-0.05, 0) is 24.8 Å². The van der Waals surface area contributed by atoms with E-state index in [1.165, 1.54) is 12.0 Å². The lowest BCUT2D eigenvalue weighted by atomic mass is 9.69. The second kappa shape index (κ2) is 5.32. The van der Waals surface area contributed by atoms with Crippen LogP contribution in [0.1, 0.15) is 51.5 Å². The summed E-state index contributed by atoms with van der Waals surface area (Å²) in [5.41, 5.74) is 0.839. The quantitative estimate of drug-likeness (QED) is 0.781. The molecule has 0 radical (unpaired) electrons. The van der Waals surface area contributed by atoms with Crippen molar-refractivity contribution >= 4 is 0 Å². The first-order valence-corrected chi connectivity index (χ1v) is 6.00. The van der Waals surface area contributed by atoms with E-state index in [2.05, 4.69) is 19.1 Å². The van der Waals surface area contributed by atoms with Gasteiger partial charge in [-0.15, -0.1) is 0 Å². The molecule has 15 heavy (non-hydrogen) atoms. The number of aliphatic hydroxyl groups is 1. The molecule has 0 aromatic heterocycles. The van der Waals surface area contributed by atoms with Crippen molar-refractivity contribution in [2.24, 2.45) is 0 Å². The summed E-state index contributed by atoms with van der Waals surface area (Å²) in [6.45, 7) is 6.12. The first-order chi connectivity index (χ1) is 7.22. The van der Waals surface area contributed by atoms with E-state index in [0.717, 1.165) is 12.8 Å². The van der Waals surface area contributed by atoms with Gasteiger partial charge in [-0.3, -0.25) is 0 Å². The zero-order chi connectivity index (χ0) is 11.3. The third-order valence-electron chi connectivity index (χ3n) is 3.32. The molecular weight excluding hydrogens is 184 g/mol. The molecule has 1 fully saturated rings. The molecule has 2 rings (SSSR count). The molecule has 1 N–H and O–H groups in total. The molecule has 1 atom stereocenters. The number of hydrogen-bond acceptors (Lipinski definition) is 1. The SMILES string of the molecule is CC.CC(c1ccccc1)C1(O)CCC1. The smallest absolute Gasteiger partial charge is 0.0713 e. The molecule has 0 spiro atoms. The fourth-order valence-corrected chi connectivity index (χ4v) is 2.02. The molecule has 1 unspecified atom stereocenters. The Bertz CT molecular complexity index is 275. The lowest BCUT2D eigenvalue weighted by molar-refractivity contribution is -0.0527.